The van der Waals surface area contributed by atoms with E-state index in [1.165, 1.54) is 30.5 Å². The van der Waals surface area contributed by atoms with E-state index in [0.29, 0.717) is 12.6 Å². The van der Waals surface area contributed by atoms with Crippen LogP contribution in [0.15, 0.2) is 24.3 Å². The number of benzene rings is 1. The molecule has 100 valence electrons. The van der Waals surface area contributed by atoms with Crippen molar-refractivity contribution >= 4 is 0 Å². The van der Waals surface area contributed by atoms with E-state index in [-0.39, 0.29) is 0 Å². The van der Waals surface area contributed by atoms with Gasteiger partial charge in [-0.25, -0.2) is 0 Å². The fourth-order valence-corrected chi connectivity index (χ4v) is 2.80. The molecule has 1 atom stereocenters. The zero-order chi connectivity index (χ0) is 12.8. The molecule has 3 heteroatoms. The van der Waals surface area contributed by atoms with Crippen LogP contribution in [0.25, 0.3) is 0 Å². The molecule has 1 heterocycles. The highest BCUT2D eigenvalue weighted by molar-refractivity contribution is 5.26. The highest BCUT2D eigenvalue weighted by Gasteiger charge is 2.24. The molecule has 2 rings (SSSR count). The van der Waals surface area contributed by atoms with E-state index in [9.17, 15) is 0 Å². The lowest BCUT2D eigenvalue weighted by Gasteiger charge is -2.25. The number of nitrogens with one attached hydrogen (secondary N) is 1. The van der Waals surface area contributed by atoms with Gasteiger partial charge in [-0.1, -0.05) is 24.3 Å². The van der Waals surface area contributed by atoms with Crippen molar-refractivity contribution in [2.45, 2.75) is 32.0 Å². The van der Waals surface area contributed by atoms with Crippen molar-refractivity contribution in [3.8, 4) is 0 Å². The van der Waals surface area contributed by atoms with Crippen molar-refractivity contribution in [3.63, 3.8) is 0 Å². The largest absolute Gasteiger partial charge is 0.380 e. The van der Waals surface area contributed by atoms with Gasteiger partial charge in [-0.2, -0.15) is 0 Å². The predicted octanol–water partition coefficient (Wildman–Crippen LogP) is 2.02. The summed E-state index contributed by atoms with van der Waals surface area (Å²) in [6.45, 7) is 4.06. The number of methoxy groups -OCH3 is 1. The van der Waals surface area contributed by atoms with Gasteiger partial charge in [-0.15, -0.1) is 0 Å². The minimum atomic E-state index is 0.686. The standard InChI is InChI=1S/C15H24N2O/c1-16-10-15-8-5-9-17(15)11-13-6-3-4-7-14(13)12-18-2/h3-4,6-7,15-16H,5,8-12H2,1-2H3. The Labute approximate surface area is 110 Å². The van der Waals surface area contributed by atoms with Crippen LogP contribution in [0.1, 0.15) is 24.0 Å². The van der Waals surface area contributed by atoms with Crippen LogP contribution in [0.5, 0.6) is 0 Å². The summed E-state index contributed by atoms with van der Waals surface area (Å²) in [6, 6.07) is 9.29. The van der Waals surface area contributed by atoms with Crippen molar-refractivity contribution in [1.29, 1.82) is 0 Å². The smallest absolute Gasteiger partial charge is 0.0716 e. The summed E-state index contributed by atoms with van der Waals surface area (Å²) < 4.78 is 5.28. The molecule has 0 amide bonds. The van der Waals surface area contributed by atoms with Gasteiger partial charge in [0.25, 0.3) is 0 Å². The number of hydrogen-bond donors (Lipinski definition) is 1. The van der Waals surface area contributed by atoms with Crippen LogP contribution in [0.4, 0.5) is 0 Å². The molecule has 0 saturated carbocycles. The lowest BCUT2D eigenvalue weighted by atomic mass is 10.1. The SMILES string of the molecule is CNCC1CCCN1Cc1ccccc1COC. The Balaban J connectivity index is 2.03. The maximum Gasteiger partial charge on any atom is 0.0716 e. The molecule has 0 spiro atoms. The number of likely N-dealkylation sites (tertiary alicyclic amines) is 1. The van der Waals surface area contributed by atoms with Crippen LogP contribution in [0.2, 0.25) is 0 Å². The molecule has 1 aliphatic rings. The molecule has 1 aromatic rings. The molecular weight excluding hydrogens is 224 g/mol. The second kappa shape index (κ2) is 6.88. The van der Waals surface area contributed by atoms with E-state index < -0.39 is 0 Å². The molecule has 1 aromatic carbocycles. The summed E-state index contributed by atoms with van der Waals surface area (Å²) in [5.41, 5.74) is 2.72. The summed E-state index contributed by atoms with van der Waals surface area (Å²) in [5.74, 6) is 0. The Bertz CT molecular complexity index is 367. The second-order valence-electron chi connectivity index (χ2n) is 5.03. The second-order valence-corrected chi connectivity index (χ2v) is 5.03. The van der Waals surface area contributed by atoms with Crippen LogP contribution >= 0.6 is 0 Å². The average Bonchev–Trinajstić information content (AvgIpc) is 2.80. The Hall–Kier alpha value is -0.900. The van der Waals surface area contributed by atoms with Gasteiger partial charge >= 0.3 is 0 Å². The minimum Gasteiger partial charge on any atom is -0.380 e. The molecule has 1 saturated heterocycles. The van der Waals surface area contributed by atoms with E-state index >= 15 is 0 Å². The number of likely N-dealkylation sites (N-methyl/N-ethyl adjacent to an activating group) is 1. The third kappa shape index (κ3) is 3.31. The van der Waals surface area contributed by atoms with Crippen LogP contribution in [0, 0.1) is 0 Å². The van der Waals surface area contributed by atoms with Gasteiger partial charge in [0.15, 0.2) is 0 Å². The summed E-state index contributed by atoms with van der Waals surface area (Å²) >= 11 is 0. The Morgan fingerprint density at radius 3 is 2.83 bits per heavy atom. The number of ether oxygens (including phenoxy) is 1. The molecule has 0 radical (unpaired) electrons. The first kappa shape index (κ1) is 13.5. The summed E-state index contributed by atoms with van der Waals surface area (Å²) in [4.78, 5) is 2.59. The van der Waals surface area contributed by atoms with Crippen LogP contribution in [-0.2, 0) is 17.9 Å². The zero-order valence-electron chi connectivity index (χ0n) is 11.5. The third-order valence-electron chi connectivity index (χ3n) is 3.73. The first-order chi connectivity index (χ1) is 8.85. The van der Waals surface area contributed by atoms with Gasteiger partial charge in [0.2, 0.25) is 0 Å². The van der Waals surface area contributed by atoms with Gasteiger partial charge in [-0.05, 0) is 37.6 Å². The highest BCUT2D eigenvalue weighted by Crippen LogP contribution is 2.21. The Morgan fingerprint density at radius 1 is 1.33 bits per heavy atom. The fraction of sp³-hybridized carbons (Fsp3) is 0.600. The lowest BCUT2D eigenvalue weighted by molar-refractivity contribution is 0.181. The van der Waals surface area contributed by atoms with E-state index in [2.05, 4.69) is 34.5 Å². The normalized spacial score (nSPS) is 20.4. The van der Waals surface area contributed by atoms with Gasteiger partial charge in [-0.3, -0.25) is 4.90 Å². The van der Waals surface area contributed by atoms with Crippen molar-refractivity contribution in [3.05, 3.63) is 35.4 Å². The first-order valence-electron chi connectivity index (χ1n) is 6.79. The molecule has 1 fully saturated rings. The highest BCUT2D eigenvalue weighted by atomic mass is 16.5. The number of rotatable bonds is 6. The van der Waals surface area contributed by atoms with Crippen LogP contribution in [0.3, 0.4) is 0 Å². The fourth-order valence-electron chi connectivity index (χ4n) is 2.80. The molecule has 18 heavy (non-hydrogen) atoms. The average molecular weight is 248 g/mol. The van der Waals surface area contributed by atoms with E-state index in [4.69, 9.17) is 4.74 Å². The van der Waals surface area contributed by atoms with Crippen LogP contribution in [-0.4, -0.2) is 38.2 Å². The monoisotopic (exact) mass is 248 g/mol. The first-order valence-corrected chi connectivity index (χ1v) is 6.79. The van der Waals surface area contributed by atoms with Gasteiger partial charge in [0.1, 0.15) is 0 Å². The van der Waals surface area contributed by atoms with E-state index in [1.807, 2.05) is 7.05 Å². The third-order valence-corrected chi connectivity index (χ3v) is 3.73. The van der Waals surface area contributed by atoms with Gasteiger partial charge in [0.05, 0.1) is 6.61 Å². The minimum absolute atomic E-state index is 0.686. The van der Waals surface area contributed by atoms with Crippen molar-refractivity contribution in [1.82, 2.24) is 10.2 Å². The van der Waals surface area contributed by atoms with Gasteiger partial charge < -0.3 is 10.1 Å². The summed E-state index contributed by atoms with van der Waals surface area (Å²) in [7, 11) is 3.80. The molecule has 0 bridgehead atoms. The van der Waals surface area contributed by atoms with E-state index in [0.717, 1.165) is 13.1 Å². The topological polar surface area (TPSA) is 24.5 Å². The molecule has 1 aliphatic heterocycles. The Morgan fingerprint density at radius 2 is 2.11 bits per heavy atom. The van der Waals surface area contributed by atoms with Gasteiger partial charge in [0, 0.05) is 26.2 Å². The quantitative estimate of drug-likeness (QED) is 0.833. The summed E-state index contributed by atoms with van der Waals surface area (Å²) in [6.07, 6.45) is 2.63. The predicted molar refractivity (Wildman–Crippen MR) is 74.5 cm³/mol. The maximum absolute atomic E-state index is 5.28. The van der Waals surface area contributed by atoms with Crippen molar-refractivity contribution in [2.24, 2.45) is 0 Å². The maximum atomic E-state index is 5.28. The van der Waals surface area contributed by atoms with Crippen molar-refractivity contribution in [2.75, 3.05) is 27.2 Å². The molecule has 0 aliphatic carbocycles. The van der Waals surface area contributed by atoms with Crippen molar-refractivity contribution < 1.29 is 4.74 Å². The lowest BCUT2D eigenvalue weighted by Crippen LogP contribution is -2.36. The molecule has 1 unspecified atom stereocenters. The molecular formula is C15H24N2O. The summed E-state index contributed by atoms with van der Waals surface area (Å²) in [5, 5.41) is 3.30. The number of nitrogens with zero attached hydrogens (tertiary/aromatic N) is 1. The number of hydrogen-bond acceptors (Lipinski definition) is 3. The molecule has 3 nitrogen and oxygen atoms in total. The van der Waals surface area contributed by atoms with E-state index in [1.54, 1.807) is 7.11 Å². The zero-order valence-corrected chi connectivity index (χ0v) is 11.5. The molecule has 1 N–H and O–H groups in total. The Kier molecular flexibility index (Phi) is 5.17. The molecule has 0 aromatic heterocycles. The van der Waals surface area contributed by atoms with Crippen LogP contribution < -0.4 is 5.32 Å².